The number of benzene rings is 2. The highest BCUT2D eigenvalue weighted by molar-refractivity contribution is 5.92. The summed E-state index contributed by atoms with van der Waals surface area (Å²) in [6.45, 7) is 2.13. The number of hydrogen-bond acceptors (Lipinski definition) is 3. The quantitative estimate of drug-likeness (QED) is 0.717. The zero-order valence-electron chi connectivity index (χ0n) is 9.57. The van der Waals surface area contributed by atoms with Crippen LogP contribution in [0.2, 0.25) is 0 Å². The fourth-order valence-corrected chi connectivity index (χ4v) is 2.64. The van der Waals surface area contributed by atoms with Crippen LogP contribution in [0.5, 0.6) is 0 Å². The van der Waals surface area contributed by atoms with Crippen LogP contribution in [0.4, 0.5) is 22.7 Å². The van der Waals surface area contributed by atoms with E-state index in [9.17, 15) is 0 Å². The van der Waals surface area contributed by atoms with Crippen molar-refractivity contribution < 1.29 is 0 Å². The average Bonchev–Trinajstić information content (AvgIpc) is 2.84. The van der Waals surface area contributed by atoms with Crippen molar-refractivity contribution in [1.82, 2.24) is 0 Å². The molecule has 3 heteroatoms. The second-order valence-corrected chi connectivity index (χ2v) is 4.60. The fraction of sp³-hybridized carbons (Fsp3) is 0.143. The summed E-state index contributed by atoms with van der Waals surface area (Å²) in [7, 11) is 0. The van der Waals surface area contributed by atoms with Gasteiger partial charge in [-0.3, -0.25) is 4.90 Å². The summed E-state index contributed by atoms with van der Waals surface area (Å²) in [5.41, 5.74) is 6.18. The monoisotopic (exact) mass is 223 g/mol. The van der Waals surface area contributed by atoms with Crippen LogP contribution in [0.15, 0.2) is 42.5 Å². The van der Waals surface area contributed by atoms with Crippen molar-refractivity contribution in [2.75, 3.05) is 15.5 Å². The Bertz CT molecular complexity index is 606. The molecule has 0 fully saturated rings. The third kappa shape index (κ3) is 1.11. The maximum absolute atomic E-state index is 3.49. The molecule has 0 saturated heterocycles. The minimum Gasteiger partial charge on any atom is -0.346 e. The Morgan fingerprint density at radius 2 is 1.71 bits per heavy atom. The van der Waals surface area contributed by atoms with Gasteiger partial charge >= 0.3 is 0 Å². The second-order valence-electron chi connectivity index (χ2n) is 4.60. The predicted molar refractivity (Wildman–Crippen MR) is 70.8 cm³/mol. The van der Waals surface area contributed by atoms with Gasteiger partial charge in [-0.05, 0) is 36.8 Å². The van der Waals surface area contributed by atoms with Gasteiger partial charge in [0.25, 0.3) is 0 Å². The third-order valence-electron chi connectivity index (χ3n) is 3.42. The predicted octanol–water partition coefficient (Wildman–Crippen LogP) is 3.27. The molecule has 2 heterocycles. The van der Waals surface area contributed by atoms with Crippen molar-refractivity contribution in [2.45, 2.75) is 13.2 Å². The van der Waals surface area contributed by atoms with Crippen LogP contribution in [0.3, 0.4) is 0 Å². The van der Waals surface area contributed by atoms with Gasteiger partial charge in [-0.15, -0.1) is 0 Å². The normalized spacial score (nSPS) is 19.1. The molecule has 2 aliphatic rings. The lowest BCUT2D eigenvalue weighted by Crippen LogP contribution is -2.32. The van der Waals surface area contributed by atoms with Gasteiger partial charge in [0.15, 0.2) is 6.29 Å². The van der Waals surface area contributed by atoms with Gasteiger partial charge < -0.3 is 10.6 Å². The minimum absolute atomic E-state index is 0.157. The molecule has 4 rings (SSSR count). The van der Waals surface area contributed by atoms with Gasteiger partial charge in [0.2, 0.25) is 0 Å². The van der Waals surface area contributed by atoms with E-state index >= 15 is 0 Å². The summed E-state index contributed by atoms with van der Waals surface area (Å²) < 4.78 is 0. The minimum atomic E-state index is 0.157. The van der Waals surface area contributed by atoms with Crippen molar-refractivity contribution >= 4 is 22.7 Å². The molecule has 3 nitrogen and oxygen atoms in total. The highest BCUT2D eigenvalue weighted by atomic mass is 15.5. The van der Waals surface area contributed by atoms with Gasteiger partial charge in [-0.2, -0.15) is 0 Å². The first-order valence-corrected chi connectivity index (χ1v) is 5.85. The lowest BCUT2D eigenvalue weighted by Gasteiger charge is -2.17. The van der Waals surface area contributed by atoms with Crippen LogP contribution in [-0.4, -0.2) is 6.29 Å². The van der Waals surface area contributed by atoms with E-state index in [1.54, 1.807) is 0 Å². The molecule has 0 radical (unpaired) electrons. The Labute approximate surface area is 100 Å². The second kappa shape index (κ2) is 2.94. The van der Waals surface area contributed by atoms with E-state index in [1.807, 2.05) is 0 Å². The topological polar surface area (TPSA) is 27.3 Å². The molecule has 0 aromatic heterocycles. The van der Waals surface area contributed by atoms with Crippen LogP contribution in [-0.2, 0) is 0 Å². The molecular formula is C14H13N3. The molecule has 0 spiro atoms. The molecule has 2 aromatic carbocycles. The van der Waals surface area contributed by atoms with E-state index < -0.39 is 0 Å². The van der Waals surface area contributed by atoms with Crippen molar-refractivity contribution in [3.63, 3.8) is 0 Å². The zero-order chi connectivity index (χ0) is 11.4. The van der Waals surface area contributed by atoms with E-state index in [1.165, 1.54) is 28.3 Å². The van der Waals surface area contributed by atoms with Crippen LogP contribution in [0.25, 0.3) is 0 Å². The molecule has 1 unspecified atom stereocenters. The Balaban J connectivity index is 1.92. The molecular weight excluding hydrogens is 210 g/mol. The molecule has 1 atom stereocenters. The first-order chi connectivity index (χ1) is 8.33. The Hall–Kier alpha value is -2.16. The number of anilines is 4. The van der Waals surface area contributed by atoms with E-state index in [0.717, 1.165) is 0 Å². The number of fused-ring (bicyclic) bond motifs is 5. The number of nitrogens with zero attached hydrogens (tertiary/aromatic N) is 1. The van der Waals surface area contributed by atoms with Crippen molar-refractivity contribution in [2.24, 2.45) is 0 Å². The largest absolute Gasteiger partial charge is 0.346 e. The standard InChI is InChI=1S/C14H13N3/c1-9-6-7-11-13(8-9)17-12-5-3-2-4-10(12)15-14(17)16-11/h2-8,14-16H,1H3. The lowest BCUT2D eigenvalue weighted by molar-refractivity contribution is 0.902. The summed E-state index contributed by atoms with van der Waals surface area (Å²) in [5.74, 6) is 0. The molecule has 0 bridgehead atoms. The molecule has 0 saturated carbocycles. The molecule has 0 amide bonds. The summed E-state index contributed by atoms with van der Waals surface area (Å²) in [4.78, 5) is 2.32. The van der Waals surface area contributed by atoms with Crippen LogP contribution < -0.4 is 15.5 Å². The maximum atomic E-state index is 3.49. The number of hydrogen-bond donors (Lipinski definition) is 2. The molecule has 17 heavy (non-hydrogen) atoms. The van der Waals surface area contributed by atoms with Crippen molar-refractivity contribution in [3.05, 3.63) is 48.0 Å². The van der Waals surface area contributed by atoms with E-state index in [4.69, 9.17) is 0 Å². The van der Waals surface area contributed by atoms with E-state index in [-0.39, 0.29) is 6.29 Å². The summed E-state index contributed by atoms with van der Waals surface area (Å²) in [6, 6.07) is 14.9. The van der Waals surface area contributed by atoms with Crippen LogP contribution in [0, 0.1) is 6.92 Å². The maximum Gasteiger partial charge on any atom is 0.180 e. The number of aryl methyl sites for hydroxylation is 1. The summed E-state index contributed by atoms with van der Waals surface area (Å²) in [5, 5.41) is 6.96. The number of para-hydroxylation sites is 2. The number of nitrogens with one attached hydrogen (secondary N) is 2. The van der Waals surface area contributed by atoms with Crippen LogP contribution in [0.1, 0.15) is 5.56 Å². The summed E-state index contributed by atoms with van der Waals surface area (Å²) >= 11 is 0. The Morgan fingerprint density at radius 1 is 0.941 bits per heavy atom. The van der Waals surface area contributed by atoms with Gasteiger partial charge in [-0.25, -0.2) is 0 Å². The molecule has 84 valence electrons. The van der Waals surface area contributed by atoms with Crippen LogP contribution >= 0.6 is 0 Å². The first kappa shape index (κ1) is 8.93. The molecule has 2 N–H and O–H groups in total. The van der Waals surface area contributed by atoms with Gasteiger partial charge in [0.05, 0.1) is 22.7 Å². The highest BCUT2D eigenvalue weighted by Gasteiger charge is 2.36. The molecule has 0 aliphatic carbocycles. The molecule has 2 aliphatic heterocycles. The van der Waals surface area contributed by atoms with Gasteiger partial charge in [0, 0.05) is 0 Å². The van der Waals surface area contributed by atoms with Gasteiger partial charge in [0.1, 0.15) is 0 Å². The fourth-order valence-electron chi connectivity index (χ4n) is 2.64. The molecule has 2 aromatic rings. The lowest BCUT2D eigenvalue weighted by atomic mass is 10.2. The van der Waals surface area contributed by atoms with E-state index in [0.29, 0.717) is 0 Å². The average molecular weight is 223 g/mol. The van der Waals surface area contributed by atoms with Gasteiger partial charge in [-0.1, -0.05) is 18.2 Å². The highest BCUT2D eigenvalue weighted by Crippen LogP contribution is 2.47. The Morgan fingerprint density at radius 3 is 2.59 bits per heavy atom. The first-order valence-electron chi connectivity index (χ1n) is 5.85. The van der Waals surface area contributed by atoms with Crippen molar-refractivity contribution in [3.8, 4) is 0 Å². The summed E-state index contributed by atoms with van der Waals surface area (Å²) in [6.07, 6.45) is 0.157. The van der Waals surface area contributed by atoms with Crippen molar-refractivity contribution in [1.29, 1.82) is 0 Å². The Kier molecular flexibility index (Phi) is 1.55. The SMILES string of the molecule is Cc1ccc2c(c1)N1c3ccccc3NC1N2. The van der Waals surface area contributed by atoms with E-state index in [2.05, 4.69) is 64.9 Å². The smallest absolute Gasteiger partial charge is 0.180 e. The number of rotatable bonds is 0. The zero-order valence-corrected chi connectivity index (χ0v) is 9.57. The third-order valence-corrected chi connectivity index (χ3v) is 3.42.